The van der Waals surface area contributed by atoms with Crippen LogP contribution in [0, 0.1) is 0 Å². The molecule has 1 N–H and O–H groups in total. The Labute approximate surface area is 190 Å². The Morgan fingerprint density at radius 2 is 1.90 bits per heavy atom. The van der Waals surface area contributed by atoms with Gasteiger partial charge in [-0.25, -0.2) is 0 Å². The number of nitrogens with one attached hydrogen (secondary N) is 1. The number of likely N-dealkylation sites (tertiary alicyclic amines) is 1. The van der Waals surface area contributed by atoms with Gasteiger partial charge < -0.3 is 10.2 Å². The second kappa shape index (κ2) is 9.49. The molecule has 4 rings (SSSR count). The van der Waals surface area contributed by atoms with Gasteiger partial charge in [0.2, 0.25) is 5.91 Å². The van der Waals surface area contributed by atoms with Crippen LogP contribution in [0.15, 0.2) is 54.9 Å². The van der Waals surface area contributed by atoms with Gasteiger partial charge in [0.25, 0.3) is 5.91 Å². The van der Waals surface area contributed by atoms with Gasteiger partial charge in [-0.3, -0.25) is 14.3 Å². The van der Waals surface area contributed by atoms with Crippen LogP contribution in [-0.2, 0) is 11.8 Å². The van der Waals surface area contributed by atoms with Gasteiger partial charge in [0.15, 0.2) is 0 Å². The molecule has 3 heterocycles. The normalized spacial score (nSPS) is 14.8. The molecule has 0 unspecified atom stereocenters. The Bertz CT molecular complexity index is 1090. The molecule has 0 radical (unpaired) electrons. The number of thiophene rings is 1. The molecular formula is C23H23ClN4O2S. The zero-order chi connectivity index (χ0) is 21.8. The van der Waals surface area contributed by atoms with Gasteiger partial charge in [-0.15, -0.1) is 11.3 Å². The van der Waals surface area contributed by atoms with E-state index in [4.69, 9.17) is 11.6 Å². The van der Waals surface area contributed by atoms with E-state index in [1.54, 1.807) is 41.5 Å². The molecule has 2 aromatic heterocycles. The molecule has 0 spiro atoms. The maximum Gasteiger partial charge on any atom is 0.254 e. The number of aromatic nitrogens is 2. The lowest BCUT2D eigenvalue weighted by atomic mass is 10.0. The second-order valence-electron chi connectivity index (χ2n) is 7.52. The zero-order valence-electron chi connectivity index (χ0n) is 17.1. The zero-order valence-corrected chi connectivity index (χ0v) is 18.7. The molecule has 0 atom stereocenters. The summed E-state index contributed by atoms with van der Waals surface area (Å²) in [5.74, 6) is -0.120. The maximum absolute atomic E-state index is 12.6. The molecule has 2 amide bonds. The van der Waals surface area contributed by atoms with E-state index in [-0.39, 0.29) is 17.9 Å². The molecule has 1 saturated heterocycles. The monoisotopic (exact) mass is 454 g/mol. The van der Waals surface area contributed by atoms with E-state index in [2.05, 4.69) is 16.5 Å². The molecule has 0 aliphatic carbocycles. The van der Waals surface area contributed by atoms with Crippen LogP contribution in [0.3, 0.4) is 0 Å². The SMILES string of the molecule is Cn1cc(C(=O)NC2CCN(C(=O)/C=C/c3ccc(-c4ccc(Cl)cc4)s3)CC2)cn1. The van der Waals surface area contributed by atoms with Crippen molar-refractivity contribution in [2.75, 3.05) is 13.1 Å². The third-order valence-corrected chi connectivity index (χ3v) is 6.61. The summed E-state index contributed by atoms with van der Waals surface area (Å²) in [5.41, 5.74) is 1.66. The van der Waals surface area contributed by atoms with Crippen LogP contribution in [0.1, 0.15) is 28.1 Å². The average molecular weight is 455 g/mol. The van der Waals surface area contributed by atoms with Crippen molar-refractivity contribution in [3.63, 3.8) is 0 Å². The van der Waals surface area contributed by atoms with Crippen LogP contribution >= 0.6 is 22.9 Å². The van der Waals surface area contributed by atoms with Crippen molar-refractivity contribution in [3.8, 4) is 10.4 Å². The van der Waals surface area contributed by atoms with Gasteiger partial charge in [-0.2, -0.15) is 5.10 Å². The molecule has 1 aromatic carbocycles. The minimum Gasteiger partial charge on any atom is -0.349 e. The van der Waals surface area contributed by atoms with Crippen molar-refractivity contribution in [3.05, 3.63) is 70.3 Å². The molecule has 160 valence electrons. The summed E-state index contributed by atoms with van der Waals surface area (Å²) in [6, 6.07) is 11.9. The van der Waals surface area contributed by atoms with Crippen LogP contribution in [0.5, 0.6) is 0 Å². The highest BCUT2D eigenvalue weighted by molar-refractivity contribution is 7.16. The van der Waals surface area contributed by atoms with E-state index in [1.807, 2.05) is 41.3 Å². The third-order valence-electron chi connectivity index (χ3n) is 5.25. The highest BCUT2D eigenvalue weighted by Crippen LogP contribution is 2.29. The summed E-state index contributed by atoms with van der Waals surface area (Å²) in [4.78, 5) is 28.8. The predicted molar refractivity (Wildman–Crippen MR) is 124 cm³/mol. The fraction of sp³-hybridized carbons (Fsp3) is 0.261. The van der Waals surface area contributed by atoms with Crippen molar-refractivity contribution >= 4 is 40.8 Å². The van der Waals surface area contributed by atoms with Crippen LogP contribution in [0.25, 0.3) is 16.5 Å². The predicted octanol–water partition coefficient (Wildman–Crippen LogP) is 4.24. The van der Waals surface area contributed by atoms with Crippen LogP contribution in [0.4, 0.5) is 0 Å². The van der Waals surface area contributed by atoms with E-state index in [0.29, 0.717) is 23.7 Å². The molecule has 0 bridgehead atoms. The topological polar surface area (TPSA) is 67.2 Å². The summed E-state index contributed by atoms with van der Waals surface area (Å²) >= 11 is 7.58. The van der Waals surface area contributed by atoms with E-state index < -0.39 is 0 Å². The first-order valence-electron chi connectivity index (χ1n) is 10.1. The number of halogens is 1. The summed E-state index contributed by atoms with van der Waals surface area (Å²) in [7, 11) is 1.78. The van der Waals surface area contributed by atoms with Gasteiger partial charge in [0.05, 0.1) is 11.8 Å². The standard InChI is InChI=1S/C23H23ClN4O2S/c1-27-15-17(14-25-27)23(30)26-19-10-12-28(13-11-19)22(29)9-7-20-6-8-21(31-20)16-2-4-18(24)5-3-16/h2-9,14-15,19H,10-13H2,1H3,(H,26,30)/b9-7+. The second-order valence-corrected chi connectivity index (χ2v) is 9.07. The maximum atomic E-state index is 12.6. The van der Waals surface area contributed by atoms with Crippen molar-refractivity contribution in [2.45, 2.75) is 18.9 Å². The Kier molecular flexibility index (Phi) is 6.53. The molecule has 1 aliphatic heterocycles. The number of aryl methyl sites for hydroxylation is 1. The lowest BCUT2D eigenvalue weighted by Crippen LogP contribution is -2.46. The van der Waals surface area contributed by atoms with Gasteiger partial charge in [-0.1, -0.05) is 23.7 Å². The quantitative estimate of drug-likeness (QED) is 0.586. The molecule has 1 aliphatic rings. The summed E-state index contributed by atoms with van der Waals surface area (Å²) in [6.45, 7) is 1.25. The number of benzene rings is 1. The van der Waals surface area contributed by atoms with E-state index in [0.717, 1.165) is 28.2 Å². The Morgan fingerprint density at radius 1 is 1.16 bits per heavy atom. The number of hydrogen-bond acceptors (Lipinski definition) is 4. The minimum atomic E-state index is -0.119. The smallest absolute Gasteiger partial charge is 0.254 e. The van der Waals surface area contributed by atoms with Crippen LogP contribution in [0.2, 0.25) is 5.02 Å². The number of carbonyl (C=O) groups is 2. The molecule has 1 fully saturated rings. The first-order chi connectivity index (χ1) is 15.0. The molecule has 6 nitrogen and oxygen atoms in total. The van der Waals surface area contributed by atoms with Crippen molar-refractivity contribution in [2.24, 2.45) is 7.05 Å². The van der Waals surface area contributed by atoms with Crippen molar-refractivity contribution in [1.29, 1.82) is 0 Å². The molecule has 8 heteroatoms. The number of rotatable bonds is 5. The Hall–Kier alpha value is -2.90. The summed E-state index contributed by atoms with van der Waals surface area (Å²) in [5, 5.41) is 7.77. The number of carbonyl (C=O) groups excluding carboxylic acids is 2. The highest BCUT2D eigenvalue weighted by atomic mass is 35.5. The lowest BCUT2D eigenvalue weighted by molar-refractivity contribution is -0.126. The lowest BCUT2D eigenvalue weighted by Gasteiger charge is -2.31. The summed E-state index contributed by atoms with van der Waals surface area (Å²) < 4.78 is 1.61. The van der Waals surface area contributed by atoms with Gasteiger partial charge in [0, 0.05) is 53.2 Å². The number of piperidine rings is 1. The van der Waals surface area contributed by atoms with Crippen molar-refractivity contribution in [1.82, 2.24) is 20.0 Å². The first kappa shape index (κ1) is 21.3. The van der Waals surface area contributed by atoms with E-state index in [1.165, 1.54) is 0 Å². The van der Waals surface area contributed by atoms with Gasteiger partial charge in [0.1, 0.15) is 0 Å². The average Bonchev–Trinajstić information content (AvgIpc) is 3.42. The van der Waals surface area contributed by atoms with Crippen molar-refractivity contribution < 1.29 is 9.59 Å². The third kappa shape index (κ3) is 5.42. The number of amides is 2. The van der Waals surface area contributed by atoms with Gasteiger partial charge >= 0.3 is 0 Å². The Morgan fingerprint density at radius 3 is 2.58 bits per heavy atom. The first-order valence-corrected chi connectivity index (χ1v) is 11.3. The molecule has 3 aromatic rings. The summed E-state index contributed by atoms with van der Waals surface area (Å²) in [6.07, 6.45) is 8.23. The number of nitrogens with zero attached hydrogens (tertiary/aromatic N) is 3. The van der Waals surface area contributed by atoms with E-state index >= 15 is 0 Å². The molecule has 0 saturated carbocycles. The van der Waals surface area contributed by atoms with Gasteiger partial charge in [-0.05, 0) is 48.7 Å². The highest BCUT2D eigenvalue weighted by Gasteiger charge is 2.23. The van der Waals surface area contributed by atoms with E-state index in [9.17, 15) is 9.59 Å². The fourth-order valence-corrected chi connectivity index (χ4v) is 4.56. The molecular weight excluding hydrogens is 432 g/mol. The minimum absolute atomic E-state index is 0.00141. The largest absolute Gasteiger partial charge is 0.349 e. The Balaban J connectivity index is 1.27. The van der Waals surface area contributed by atoms with Crippen LogP contribution < -0.4 is 5.32 Å². The number of hydrogen-bond donors (Lipinski definition) is 1. The van der Waals surface area contributed by atoms with Crippen LogP contribution in [-0.4, -0.2) is 45.6 Å². The fourth-order valence-electron chi connectivity index (χ4n) is 3.52. The molecule has 31 heavy (non-hydrogen) atoms.